The average molecular weight is 337 g/mol. The van der Waals surface area contributed by atoms with E-state index in [4.69, 9.17) is 14.9 Å². The standard InChI is InChI=1S/C19H19N3O3/c20-18-16(2-1-7-21-18)19(23)22-10-15-8-13-5-6-14(9-17(13)25-15)24-11-12-3-4-12/h1-2,5-9,12H,3-4,10-11H2,(H2,20,21)(H,22,23). The summed E-state index contributed by atoms with van der Waals surface area (Å²) in [4.78, 5) is 16.1. The van der Waals surface area contributed by atoms with Gasteiger partial charge in [0, 0.05) is 17.6 Å². The minimum atomic E-state index is -0.278. The van der Waals surface area contributed by atoms with E-state index in [0.717, 1.165) is 23.3 Å². The van der Waals surface area contributed by atoms with Gasteiger partial charge >= 0.3 is 0 Å². The lowest BCUT2D eigenvalue weighted by molar-refractivity contribution is 0.0949. The Bertz CT molecular complexity index is 915. The number of hydrogen-bond acceptors (Lipinski definition) is 5. The van der Waals surface area contributed by atoms with Crippen LogP contribution in [0.5, 0.6) is 5.75 Å². The first-order valence-corrected chi connectivity index (χ1v) is 8.33. The van der Waals surface area contributed by atoms with Crippen molar-refractivity contribution in [2.75, 3.05) is 12.3 Å². The van der Waals surface area contributed by atoms with Gasteiger partial charge in [-0.3, -0.25) is 4.79 Å². The highest BCUT2D eigenvalue weighted by molar-refractivity contribution is 5.98. The predicted octanol–water partition coefficient (Wildman–Crippen LogP) is 3.13. The van der Waals surface area contributed by atoms with E-state index < -0.39 is 0 Å². The van der Waals surface area contributed by atoms with Gasteiger partial charge in [-0.1, -0.05) is 0 Å². The molecule has 2 heterocycles. The molecule has 1 saturated carbocycles. The summed E-state index contributed by atoms with van der Waals surface area (Å²) in [6, 6.07) is 11.0. The van der Waals surface area contributed by atoms with E-state index in [1.54, 1.807) is 18.3 Å². The van der Waals surface area contributed by atoms with Gasteiger partial charge in [0.25, 0.3) is 5.91 Å². The molecule has 2 aromatic heterocycles. The van der Waals surface area contributed by atoms with Crippen LogP contribution in [0.2, 0.25) is 0 Å². The normalized spacial score (nSPS) is 13.8. The van der Waals surface area contributed by atoms with Crippen molar-refractivity contribution in [2.45, 2.75) is 19.4 Å². The summed E-state index contributed by atoms with van der Waals surface area (Å²) < 4.78 is 11.6. The number of benzene rings is 1. The number of carbonyl (C=O) groups excluding carboxylic acids is 1. The van der Waals surface area contributed by atoms with Gasteiger partial charge in [-0.15, -0.1) is 0 Å². The molecule has 0 aliphatic heterocycles. The second kappa shape index (κ2) is 6.47. The lowest BCUT2D eigenvalue weighted by atomic mass is 10.2. The van der Waals surface area contributed by atoms with Crippen LogP contribution >= 0.6 is 0 Å². The highest BCUT2D eigenvalue weighted by Gasteiger charge is 2.22. The molecule has 3 N–H and O–H groups in total. The molecule has 1 fully saturated rings. The van der Waals surface area contributed by atoms with Crippen LogP contribution in [-0.4, -0.2) is 17.5 Å². The van der Waals surface area contributed by atoms with E-state index in [2.05, 4.69) is 10.3 Å². The maximum Gasteiger partial charge on any atom is 0.255 e. The summed E-state index contributed by atoms with van der Waals surface area (Å²) in [5.74, 6) is 2.12. The molecule has 1 aliphatic carbocycles. The zero-order valence-corrected chi connectivity index (χ0v) is 13.7. The zero-order chi connectivity index (χ0) is 17.2. The molecule has 25 heavy (non-hydrogen) atoms. The number of anilines is 1. The van der Waals surface area contributed by atoms with Crippen molar-refractivity contribution < 1.29 is 13.9 Å². The average Bonchev–Trinajstić information content (AvgIpc) is 3.36. The highest BCUT2D eigenvalue weighted by atomic mass is 16.5. The number of nitrogen functional groups attached to an aromatic ring is 1. The van der Waals surface area contributed by atoms with Crippen molar-refractivity contribution in [1.29, 1.82) is 0 Å². The number of rotatable bonds is 6. The number of fused-ring (bicyclic) bond motifs is 1. The third-order valence-electron chi connectivity index (χ3n) is 4.23. The van der Waals surface area contributed by atoms with Gasteiger partial charge in [-0.05, 0) is 49.1 Å². The molecular weight excluding hydrogens is 318 g/mol. The molecular formula is C19H19N3O3. The van der Waals surface area contributed by atoms with Gasteiger partial charge in [0.15, 0.2) is 0 Å². The second-order valence-corrected chi connectivity index (χ2v) is 6.29. The minimum absolute atomic E-state index is 0.210. The van der Waals surface area contributed by atoms with Crippen molar-refractivity contribution in [3.8, 4) is 5.75 Å². The number of nitrogens with two attached hydrogens (primary N) is 1. The molecule has 6 nitrogen and oxygen atoms in total. The number of pyridine rings is 1. The maximum atomic E-state index is 12.2. The van der Waals surface area contributed by atoms with Crippen LogP contribution < -0.4 is 15.8 Å². The van der Waals surface area contributed by atoms with Gasteiger partial charge in [0.2, 0.25) is 0 Å². The quantitative estimate of drug-likeness (QED) is 0.721. The Hall–Kier alpha value is -3.02. The Labute approximate surface area is 145 Å². The minimum Gasteiger partial charge on any atom is -0.493 e. The van der Waals surface area contributed by atoms with Crippen molar-refractivity contribution in [3.05, 3.63) is 53.9 Å². The fraction of sp³-hybridized carbons (Fsp3) is 0.263. The largest absolute Gasteiger partial charge is 0.493 e. The number of furan rings is 1. The lowest BCUT2D eigenvalue weighted by Crippen LogP contribution is -2.23. The molecule has 0 spiro atoms. The Morgan fingerprint density at radius 2 is 2.20 bits per heavy atom. The summed E-state index contributed by atoms with van der Waals surface area (Å²) in [7, 11) is 0. The summed E-state index contributed by atoms with van der Waals surface area (Å²) in [5.41, 5.74) is 6.82. The number of carbonyl (C=O) groups is 1. The maximum absolute atomic E-state index is 12.2. The fourth-order valence-electron chi connectivity index (χ4n) is 2.61. The zero-order valence-electron chi connectivity index (χ0n) is 13.7. The number of hydrogen-bond donors (Lipinski definition) is 2. The number of nitrogens with zero attached hydrogens (tertiary/aromatic N) is 1. The smallest absolute Gasteiger partial charge is 0.255 e. The molecule has 1 aromatic carbocycles. The molecule has 0 unspecified atom stereocenters. The summed E-state index contributed by atoms with van der Waals surface area (Å²) in [6.07, 6.45) is 4.07. The van der Waals surface area contributed by atoms with Gasteiger partial charge in [0.05, 0.1) is 18.7 Å². The lowest BCUT2D eigenvalue weighted by Gasteiger charge is -2.05. The first-order chi connectivity index (χ1) is 12.2. The van der Waals surface area contributed by atoms with E-state index in [-0.39, 0.29) is 18.3 Å². The molecule has 0 saturated heterocycles. The fourth-order valence-corrected chi connectivity index (χ4v) is 2.61. The summed E-state index contributed by atoms with van der Waals surface area (Å²) in [6.45, 7) is 1.04. The molecule has 128 valence electrons. The number of nitrogens with one attached hydrogen (secondary N) is 1. The molecule has 0 bridgehead atoms. The van der Waals surface area contributed by atoms with Crippen LogP contribution in [0, 0.1) is 5.92 Å². The molecule has 4 rings (SSSR count). The summed E-state index contributed by atoms with van der Waals surface area (Å²) in [5, 5.41) is 3.77. The topological polar surface area (TPSA) is 90.4 Å². The Morgan fingerprint density at radius 1 is 1.32 bits per heavy atom. The third-order valence-corrected chi connectivity index (χ3v) is 4.23. The van der Waals surface area contributed by atoms with E-state index in [9.17, 15) is 4.79 Å². The predicted molar refractivity (Wildman–Crippen MR) is 94.3 cm³/mol. The van der Waals surface area contributed by atoms with Gasteiger partial charge in [-0.2, -0.15) is 0 Å². The molecule has 1 amide bonds. The van der Waals surface area contributed by atoms with E-state index in [1.165, 1.54) is 12.8 Å². The van der Waals surface area contributed by atoms with E-state index in [0.29, 0.717) is 17.2 Å². The van der Waals surface area contributed by atoms with Crippen LogP contribution in [0.1, 0.15) is 29.0 Å². The van der Waals surface area contributed by atoms with Crippen molar-refractivity contribution in [3.63, 3.8) is 0 Å². The van der Waals surface area contributed by atoms with Crippen LogP contribution in [0.15, 0.2) is 47.0 Å². The highest BCUT2D eigenvalue weighted by Crippen LogP contribution is 2.30. The Morgan fingerprint density at radius 3 is 3.00 bits per heavy atom. The third kappa shape index (κ3) is 3.57. The van der Waals surface area contributed by atoms with Gasteiger partial charge in [0.1, 0.15) is 22.9 Å². The van der Waals surface area contributed by atoms with Crippen molar-refractivity contribution >= 4 is 22.7 Å². The molecule has 3 aromatic rings. The number of amides is 1. The monoisotopic (exact) mass is 337 g/mol. The molecule has 0 atom stereocenters. The Kier molecular flexibility index (Phi) is 4.01. The van der Waals surface area contributed by atoms with Gasteiger partial charge in [-0.25, -0.2) is 4.98 Å². The van der Waals surface area contributed by atoms with Crippen LogP contribution in [0.3, 0.4) is 0 Å². The van der Waals surface area contributed by atoms with Crippen LogP contribution in [0.25, 0.3) is 11.0 Å². The van der Waals surface area contributed by atoms with E-state index >= 15 is 0 Å². The Balaban J connectivity index is 1.42. The molecule has 0 radical (unpaired) electrons. The number of ether oxygens (including phenoxy) is 1. The van der Waals surface area contributed by atoms with Crippen LogP contribution in [-0.2, 0) is 6.54 Å². The summed E-state index contributed by atoms with van der Waals surface area (Å²) >= 11 is 0. The SMILES string of the molecule is Nc1ncccc1C(=O)NCc1cc2ccc(OCC3CC3)cc2o1. The number of aromatic nitrogens is 1. The first kappa shape index (κ1) is 15.5. The van der Waals surface area contributed by atoms with Gasteiger partial charge < -0.3 is 20.2 Å². The molecule has 6 heteroatoms. The first-order valence-electron chi connectivity index (χ1n) is 8.33. The second-order valence-electron chi connectivity index (χ2n) is 6.29. The molecule has 1 aliphatic rings. The van der Waals surface area contributed by atoms with E-state index in [1.807, 2.05) is 24.3 Å². The van der Waals surface area contributed by atoms with Crippen molar-refractivity contribution in [1.82, 2.24) is 10.3 Å². The van der Waals surface area contributed by atoms with Crippen molar-refractivity contribution in [2.24, 2.45) is 5.92 Å². The van der Waals surface area contributed by atoms with Crippen LogP contribution in [0.4, 0.5) is 5.82 Å².